The van der Waals surface area contributed by atoms with Gasteiger partial charge in [0.25, 0.3) is 0 Å². The lowest BCUT2D eigenvalue weighted by atomic mass is 10.0. The Bertz CT molecular complexity index is 1170. The first-order valence-corrected chi connectivity index (χ1v) is 11.2. The van der Waals surface area contributed by atoms with Crippen LogP contribution in [-0.2, 0) is 17.6 Å². The fourth-order valence-corrected chi connectivity index (χ4v) is 3.93. The second kappa shape index (κ2) is 9.13. The van der Waals surface area contributed by atoms with Crippen molar-refractivity contribution >= 4 is 23.2 Å². The zero-order valence-electron chi connectivity index (χ0n) is 17.0. The third-order valence-electron chi connectivity index (χ3n) is 4.99. The average Bonchev–Trinajstić information content (AvgIpc) is 3.15. The molecule has 5 nitrogen and oxygen atoms in total. The molecule has 0 unspecified atom stereocenters. The molecule has 3 heterocycles. The predicted molar refractivity (Wildman–Crippen MR) is 121 cm³/mol. The third-order valence-corrected chi connectivity index (χ3v) is 5.61. The van der Waals surface area contributed by atoms with Crippen LogP contribution in [0, 0.1) is 0 Å². The Hall–Kier alpha value is -3.12. The molecule has 6 heteroatoms. The summed E-state index contributed by atoms with van der Waals surface area (Å²) in [6.45, 7) is 0. The lowest BCUT2D eigenvalue weighted by Crippen LogP contribution is -2.06. The van der Waals surface area contributed by atoms with Crippen LogP contribution in [0.4, 0.5) is 0 Å². The Labute approximate surface area is 180 Å². The van der Waals surface area contributed by atoms with Crippen molar-refractivity contribution in [1.29, 1.82) is 0 Å². The van der Waals surface area contributed by atoms with E-state index in [4.69, 9.17) is 9.84 Å². The number of carbonyl (C=O) groups is 1. The van der Waals surface area contributed by atoms with Crippen molar-refractivity contribution < 1.29 is 9.53 Å². The van der Waals surface area contributed by atoms with Crippen molar-refractivity contribution in [3.63, 3.8) is 0 Å². The quantitative estimate of drug-likeness (QED) is 0.409. The second-order valence-corrected chi connectivity index (χ2v) is 7.97. The van der Waals surface area contributed by atoms with E-state index >= 15 is 0 Å². The molecule has 0 fully saturated rings. The van der Waals surface area contributed by atoms with Crippen LogP contribution in [0.5, 0.6) is 0 Å². The highest BCUT2D eigenvalue weighted by atomic mass is 32.2. The summed E-state index contributed by atoms with van der Waals surface area (Å²) >= 11 is 1.84. The average molecular weight is 418 g/mol. The number of esters is 1. The number of methoxy groups -OCH3 is 1. The van der Waals surface area contributed by atoms with Crippen LogP contribution in [0.25, 0.3) is 16.8 Å². The largest absolute Gasteiger partial charge is 0.464 e. The third kappa shape index (κ3) is 4.24. The number of aryl methyl sites for hydroxylation is 1. The van der Waals surface area contributed by atoms with E-state index in [1.165, 1.54) is 12.7 Å². The van der Waals surface area contributed by atoms with Gasteiger partial charge in [0.05, 0.1) is 18.3 Å². The highest BCUT2D eigenvalue weighted by Crippen LogP contribution is 2.28. The van der Waals surface area contributed by atoms with E-state index in [0.29, 0.717) is 12.1 Å². The molecule has 0 atom stereocenters. The highest BCUT2D eigenvalue weighted by Gasteiger charge is 2.17. The first kappa shape index (κ1) is 20.2. The van der Waals surface area contributed by atoms with Crippen LogP contribution < -0.4 is 0 Å². The number of nitrogens with zero attached hydrogens (tertiary/aromatic N) is 3. The van der Waals surface area contributed by atoms with E-state index in [-0.39, 0.29) is 0 Å². The minimum Gasteiger partial charge on any atom is -0.464 e. The summed E-state index contributed by atoms with van der Waals surface area (Å²) in [6.07, 6.45) is 5.81. The number of rotatable bonds is 7. The monoisotopic (exact) mass is 417 g/mol. The molecular formula is C24H23N3O2S. The van der Waals surface area contributed by atoms with Crippen LogP contribution in [0.3, 0.4) is 0 Å². The van der Waals surface area contributed by atoms with Gasteiger partial charge in [0, 0.05) is 29.4 Å². The first-order chi connectivity index (χ1) is 14.7. The molecule has 3 aromatic heterocycles. The van der Waals surface area contributed by atoms with Gasteiger partial charge in [0.1, 0.15) is 5.69 Å². The molecule has 0 amide bonds. The molecule has 0 aliphatic rings. The summed E-state index contributed by atoms with van der Waals surface area (Å²) in [4.78, 5) is 16.4. The molecule has 0 radical (unpaired) electrons. The smallest absolute Gasteiger partial charge is 0.356 e. The number of aromatic nitrogens is 3. The van der Waals surface area contributed by atoms with E-state index < -0.39 is 5.97 Å². The van der Waals surface area contributed by atoms with E-state index in [9.17, 15) is 4.79 Å². The molecule has 0 saturated heterocycles. The van der Waals surface area contributed by atoms with Crippen molar-refractivity contribution in [2.75, 3.05) is 19.1 Å². The molecule has 0 saturated carbocycles. The maximum atomic E-state index is 11.9. The number of thioether (sulfide) groups is 1. The Morgan fingerprint density at radius 3 is 2.67 bits per heavy atom. The fourth-order valence-electron chi connectivity index (χ4n) is 3.49. The van der Waals surface area contributed by atoms with Crippen LogP contribution in [0.2, 0.25) is 0 Å². The maximum absolute atomic E-state index is 11.9. The number of benzene rings is 1. The lowest BCUT2D eigenvalue weighted by Gasteiger charge is -2.06. The molecule has 152 valence electrons. The number of carbonyl (C=O) groups excluding carboxylic acids is 1. The summed E-state index contributed by atoms with van der Waals surface area (Å²) in [6, 6.07) is 19.9. The van der Waals surface area contributed by atoms with Gasteiger partial charge in [0.15, 0.2) is 0 Å². The van der Waals surface area contributed by atoms with Gasteiger partial charge in [-0.25, -0.2) is 14.3 Å². The molecule has 0 aliphatic carbocycles. The van der Waals surface area contributed by atoms with Crippen molar-refractivity contribution in [3.8, 4) is 11.3 Å². The Balaban J connectivity index is 1.79. The second-order valence-electron chi connectivity index (χ2n) is 6.99. The summed E-state index contributed by atoms with van der Waals surface area (Å²) in [5, 5.41) is 4.91. The van der Waals surface area contributed by atoms with Crippen molar-refractivity contribution in [2.24, 2.45) is 0 Å². The molecular weight excluding hydrogens is 394 g/mol. The van der Waals surface area contributed by atoms with Gasteiger partial charge in [-0.05, 0) is 42.2 Å². The zero-order chi connectivity index (χ0) is 20.9. The van der Waals surface area contributed by atoms with Crippen molar-refractivity contribution in [3.05, 3.63) is 89.4 Å². The Morgan fingerprint density at radius 1 is 1.07 bits per heavy atom. The molecule has 30 heavy (non-hydrogen) atoms. The SMILES string of the molecule is COC(=O)c1cccc(Cc2c(-c3ccccc3)nn3cc(CCSC)ccc23)n1. The van der Waals surface area contributed by atoms with Crippen molar-refractivity contribution in [1.82, 2.24) is 14.6 Å². The first-order valence-electron chi connectivity index (χ1n) is 9.78. The van der Waals surface area contributed by atoms with Gasteiger partial charge in [-0.15, -0.1) is 0 Å². The Kier molecular flexibility index (Phi) is 6.14. The standard InChI is InChI=1S/C24H23N3O2S/c1-29-24(28)21-10-6-9-19(25-21)15-20-22-12-11-17(13-14-30-2)16-27(22)26-23(20)18-7-4-3-5-8-18/h3-12,16H,13-15H2,1-2H3. The number of hydrogen-bond acceptors (Lipinski definition) is 5. The van der Waals surface area contributed by atoms with Crippen LogP contribution in [0.15, 0.2) is 66.9 Å². The van der Waals surface area contributed by atoms with E-state index in [1.54, 1.807) is 6.07 Å². The van der Waals surface area contributed by atoms with Gasteiger partial charge >= 0.3 is 5.97 Å². The maximum Gasteiger partial charge on any atom is 0.356 e. The topological polar surface area (TPSA) is 56.5 Å². The van der Waals surface area contributed by atoms with E-state index in [0.717, 1.165) is 40.2 Å². The van der Waals surface area contributed by atoms with Gasteiger partial charge in [-0.1, -0.05) is 42.5 Å². The minimum absolute atomic E-state index is 0.312. The number of fused-ring (bicyclic) bond motifs is 1. The molecule has 0 spiro atoms. The highest BCUT2D eigenvalue weighted by molar-refractivity contribution is 7.98. The number of pyridine rings is 2. The van der Waals surface area contributed by atoms with E-state index in [1.807, 2.05) is 46.6 Å². The summed E-state index contributed by atoms with van der Waals surface area (Å²) in [7, 11) is 1.37. The number of ether oxygens (including phenoxy) is 1. The lowest BCUT2D eigenvalue weighted by molar-refractivity contribution is 0.0593. The summed E-state index contributed by atoms with van der Waals surface area (Å²) < 4.78 is 6.79. The van der Waals surface area contributed by atoms with Gasteiger partial charge in [-0.3, -0.25) is 0 Å². The molecule has 0 aliphatic heterocycles. The van der Waals surface area contributed by atoms with Gasteiger partial charge < -0.3 is 4.74 Å². The van der Waals surface area contributed by atoms with E-state index in [2.05, 4.69) is 41.7 Å². The Morgan fingerprint density at radius 2 is 1.90 bits per heavy atom. The number of hydrogen-bond donors (Lipinski definition) is 0. The molecule has 4 aromatic rings. The zero-order valence-corrected chi connectivity index (χ0v) is 17.9. The summed E-state index contributed by atoms with van der Waals surface area (Å²) in [5.74, 6) is 0.647. The van der Waals surface area contributed by atoms with Crippen LogP contribution >= 0.6 is 11.8 Å². The molecule has 0 N–H and O–H groups in total. The normalized spacial score (nSPS) is 11.0. The summed E-state index contributed by atoms with van der Waals surface area (Å²) in [5.41, 5.74) is 6.51. The minimum atomic E-state index is -0.432. The van der Waals surface area contributed by atoms with Gasteiger partial charge in [-0.2, -0.15) is 16.9 Å². The van der Waals surface area contributed by atoms with Crippen LogP contribution in [0.1, 0.15) is 27.3 Å². The van der Waals surface area contributed by atoms with Crippen molar-refractivity contribution in [2.45, 2.75) is 12.8 Å². The molecule has 1 aromatic carbocycles. The molecule has 4 rings (SSSR count). The van der Waals surface area contributed by atoms with Gasteiger partial charge in [0.2, 0.25) is 0 Å². The van der Waals surface area contributed by atoms with Crippen LogP contribution in [-0.4, -0.2) is 39.7 Å². The molecule has 0 bridgehead atoms. The predicted octanol–water partition coefficient (Wildman–Crippen LogP) is 4.68. The fraction of sp³-hybridized carbons (Fsp3) is 0.208.